The predicted molar refractivity (Wildman–Crippen MR) is 73.1 cm³/mol. The number of carbonyl (C=O) groups excluding carboxylic acids is 1. The minimum Gasteiger partial charge on any atom is -0.456 e. The highest BCUT2D eigenvalue weighted by Crippen LogP contribution is 2.18. The van der Waals surface area contributed by atoms with Crippen molar-refractivity contribution in [2.24, 2.45) is 0 Å². The molecule has 2 aromatic rings. The molecule has 1 aromatic heterocycles. The fraction of sp³-hybridized carbons (Fsp3) is 0.286. The van der Waals surface area contributed by atoms with E-state index in [1.807, 2.05) is 51.1 Å². The lowest BCUT2D eigenvalue weighted by Gasteiger charge is -2.18. The van der Waals surface area contributed by atoms with E-state index in [0.717, 1.165) is 5.69 Å². The maximum atomic E-state index is 12.0. The van der Waals surface area contributed by atoms with E-state index in [2.05, 4.69) is 5.10 Å². The van der Waals surface area contributed by atoms with E-state index in [-0.39, 0.29) is 11.4 Å². The zero-order valence-corrected chi connectivity index (χ0v) is 11.3. The van der Waals surface area contributed by atoms with Gasteiger partial charge in [0.25, 0.3) is 0 Å². The first kappa shape index (κ1) is 13.1. The van der Waals surface area contributed by atoms with Crippen LogP contribution in [-0.2, 0) is 4.74 Å². The molecule has 5 heteroatoms. The van der Waals surface area contributed by atoms with Gasteiger partial charge < -0.3 is 10.5 Å². The fourth-order valence-electron chi connectivity index (χ4n) is 1.59. The molecule has 2 N–H and O–H groups in total. The SMILES string of the molecule is CC(C)(C)OC(=O)c1cn(-c2ccccc2)nc1N. The van der Waals surface area contributed by atoms with Gasteiger partial charge in [0.15, 0.2) is 5.82 Å². The summed E-state index contributed by atoms with van der Waals surface area (Å²) in [6.07, 6.45) is 1.58. The molecular weight excluding hydrogens is 242 g/mol. The number of para-hydroxylation sites is 1. The Balaban J connectivity index is 2.30. The van der Waals surface area contributed by atoms with Gasteiger partial charge in [-0.3, -0.25) is 0 Å². The van der Waals surface area contributed by atoms with Crippen LogP contribution >= 0.6 is 0 Å². The lowest BCUT2D eigenvalue weighted by Crippen LogP contribution is -2.24. The maximum Gasteiger partial charge on any atom is 0.344 e. The molecule has 0 aliphatic carbocycles. The molecule has 0 aliphatic heterocycles. The number of nitrogens with two attached hydrogens (primary N) is 1. The van der Waals surface area contributed by atoms with Crippen LogP contribution < -0.4 is 5.73 Å². The summed E-state index contributed by atoms with van der Waals surface area (Å²) in [4.78, 5) is 12.0. The van der Waals surface area contributed by atoms with Crippen LogP contribution in [0.25, 0.3) is 5.69 Å². The van der Waals surface area contributed by atoms with Crippen LogP contribution in [0.15, 0.2) is 36.5 Å². The molecule has 2 rings (SSSR count). The zero-order valence-electron chi connectivity index (χ0n) is 11.3. The van der Waals surface area contributed by atoms with E-state index in [0.29, 0.717) is 0 Å². The van der Waals surface area contributed by atoms with Gasteiger partial charge in [-0.1, -0.05) is 18.2 Å². The van der Waals surface area contributed by atoms with Gasteiger partial charge in [0.2, 0.25) is 0 Å². The molecule has 0 aliphatic rings. The van der Waals surface area contributed by atoms with Gasteiger partial charge in [0.1, 0.15) is 11.2 Å². The topological polar surface area (TPSA) is 70.1 Å². The normalized spacial score (nSPS) is 11.3. The van der Waals surface area contributed by atoms with Crippen molar-refractivity contribution in [3.63, 3.8) is 0 Å². The first-order chi connectivity index (χ1) is 8.87. The quantitative estimate of drug-likeness (QED) is 0.841. The molecule has 0 atom stereocenters. The van der Waals surface area contributed by atoms with Crippen molar-refractivity contribution in [2.75, 3.05) is 5.73 Å². The van der Waals surface area contributed by atoms with E-state index in [1.165, 1.54) is 0 Å². The summed E-state index contributed by atoms with van der Waals surface area (Å²) in [6.45, 7) is 5.42. The van der Waals surface area contributed by atoms with Gasteiger partial charge in [0.05, 0.1) is 5.69 Å². The minimum absolute atomic E-state index is 0.165. The second kappa shape index (κ2) is 4.76. The average molecular weight is 259 g/mol. The molecular formula is C14H17N3O2. The number of esters is 1. The Labute approximate surface area is 112 Å². The Morgan fingerprint density at radius 3 is 2.47 bits per heavy atom. The Hall–Kier alpha value is -2.30. The third-order valence-corrected chi connectivity index (χ3v) is 2.38. The number of aromatic nitrogens is 2. The number of ether oxygens (including phenoxy) is 1. The number of nitrogen functional groups attached to an aromatic ring is 1. The molecule has 0 bridgehead atoms. The maximum absolute atomic E-state index is 12.0. The van der Waals surface area contributed by atoms with E-state index in [1.54, 1.807) is 10.9 Å². The first-order valence-electron chi connectivity index (χ1n) is 6.01. The summed E-state index contributed by atoms with van der Waals surface area (Å²) in [5.41, 5.74) is 6.32. The number of anilines is 1. The Bertz CT molecular complexity index is 582. The van der Waals surface area contributed by atoms with Gasteiger partial charge >= 0.3 is 5.97 Å². The fourth-order valence-corrected chi connectivity index (χ4v) is 1.59. The highest BCUT2D eigenvalue weighted by atomic mass is 16.6. The van der Waals surface area contributed by atoms with Crippen molar-refractivity contribution in [2.45, 2.75) is 26.4 Å². The highest BCUT2D eigenvalue weighted by molar-refractivity contribution is 5.94. The molecule has 100 valence electrons. The Morgan fingerprint density at radius 1 is 1.26 bits per heavy atom. The summed E-state index contributed by atoms with van der Waals surface area (Å²) in [5.74, 6) is -0.301. The number of nitrogens with zero attached hydrogens (tertiary/aromatic N) is 2. The molecule has 0 radical (unpaired) electrons. The van der Waals surface area contributed by atoms with E-state index in [9.17, 15) is 4.79 Å². The van der Waals surface area contributed by atoms with Crippen molar-refractivity contribution in [3.8, 4) is 5.69 Å². The molecule has 1 heterocycles. The number of hydrogen-bond donors (Lipinski definition) is 1. The molecule has 0 spiro atoms. The summed E-state index contributed by atoms with van der Waals surface area (Å²) >= 11 is 0. The average Bonchev–Trinajstić information content (AvgIpc) is 2.70. The summed E-state index contributed by atoms with van der Waals surface area (Å²) in [6, 6.07) is 9.45. The number of carbonyl (C=O) groups is 1. The van der Waals surface area contributed by atoms with Crippen LogP contribution in [0.2, 0.25) is 0 Å². The van der Waals surface area contributed by atoms with Crippen molar-refractivity contribution >= 4 is 11.8 Å². The first-order valence-corrected chi connectivity index (χ1v) is 6.01. The monoisotopic (exact) mass is 259 g/mol. The third-order valence-electron chi connectivity index (χ3n) is 2.38. The lowest BCUT2D eigenvalue weighted by molar-refractivity contribution is 0.00708. The van der Waals surface area contributed by atoms with Gasteiger partial charge in [-0.05, 0) is 32.9 Å². The summed E-state index contributed by atoms with van der Waals surface area (Å²) < 4.78 is 6.85. The Kier molecular flexibility index (Phi) is 3.29. The van der Waals surface area contributed by atoms with Crippen molar-refractivity contribution in [3.05, 3.63) is 42.1 Å². The summed E-state index contributed by atoms with van der Waals surface area (Å²) in [7, 11) is 0. The van der Waals surface area contributed by atoms with Gasteiger partial charge in [-0.2, -0.15) is 0 Å². The zero-order chi connectivity index (χ0) is 14.0. The molecule has 0 saturated carbocycles. The molecule has 0 unspecified atom stereocenters. The van der Waals surface area contributed by atoms with Crippen LogP contribution in [0.5, 0.6) is 0 Å². The smallest absolute Gasteiger partial charge is 0.344 e. The molecule has 0 saturated heterocycles. The lowest BCUT2D eigenvalue weighted by atomic mass is 10.2. The Morgan fingerprint density at radius 2 is 1.89 bits per heavy atom. The molecule has 1 aromatic carbocycles. The second-order valence-corrected chi connectivity index (χ2v) is 5.21. The van der Waals surface area contributed by atoms with Gasteiger partial charge in [-0.25, -0.2) is 9.48 Å². The van der Waals surface area contributed by atoms with Crippen LogP contribution in [0.1, 0.15) is 31.1 Å². The van der Waals surface area contributed by atoms with E-state index >= 15 is 0 Å². The molecule has 5 nitrogen and oxygen atoms in total. The van der Waals surface area contributed by atoms with Crippen molar-refractivity contribution < 1.29 is 9.53 Å². The van der Waals surface area contributed by atoms with Crippen molar-refractivity contribution in [1.29, 1.82) is 0 Å². The van der Waals surface area contributed by atoms with Crippen LogP contribution in [-0.4, -0.2) is 21.4 Å². The number of hydrogen-bond acceptors (Lipinski definition) is 4. The van der Waals surface area contributed by atoms with Crippen molar-refractivity contribution in [1.82, 2.24) is 9.78 Å². The summed E-state index contributed by atoms with van der Waals surface area (Å²) in [5, 5.41) is 4.13. The standard InChI is InChI=1S/C14H17N3O2/c1-14(2,3)19-13(18)11-9-17(16-12(11)15)10-7-5-4-6-8-10/h4-9H,1-3H3,(H2,15,16). The number of benzene rings is 1. The van der Waals surface area contributed by atoms with Crippen LogP contribution in [0.4, 0.5) is 5.82 Å². The van der Waals surface area contributed by atoms with Gasteiger partial charge in [-0.15, -0.1) is 5.10 Å². The van der Waals surface area contributed by atoms with Crippen LogP contribution in [0.3, 0.4) is 0 Å². The molecule has 0 fully saturated rings. The van der Waals surface area contributed by atoms with E-state index < -0.39 is 11.6 Å². The molecule has 19 heavy (non-hydrogen) atoms. The number of rotatable bonds is 2. The van der Waals surface area contributed by atoms with Crippen LogP contribution in [0, 0.1) is 0 Å². The van der Waals surface area contributed by atoms with Gasteiger partial charge in [0, 0.05) is 6.20 Å². The third kappa shape index (κ3) is 3.13. The highest BCUT2D eigenvalue weighted by Gasteiger charge is 2.22. The largest absolute Gasteiger partial charge is 0.456 e. The predicted octanol–water partition coefficient (Wildman–Crippen LogP) is 2.41. The molecule has 0 amide bonds. The van der Waals surface area contributed by atoms with E-state index in [4.69, 9.17) is 10.5 Å². The minimum atomic E-state index is -0.557. The second-order valence-electron chi connectivity index (χ2n) is 5.21.